The Hall–Kier alpha value is -2.69. The third kappa shape index (κ3) is 4.84. The molecule has 3 rings (SSSR count). The van der Waals surface area contributed by atoms with E-state index in [1.54, 1.807) is 12.1 Å². The second-order valence-corrected chi connectivity index (χ2v) is 8.32. The molecule has 1 heterocycles. The van der Waals surface area contributed by atoms with E-state index >= 15 is 0 Å². The van der Waals surface area contributed by atoms with E-state index in [1.165, 1.54) is 12.1 Å². The topological polar surface area (TPSA) is 40.6 Å². The van der Waals surface area contributed by atoms with Crippen molar-refractivity contribution in [3.05, 3.63) is 71.5 Å². The van der Waals surface area contributed by atoms with Crippen LogP contribution >= 0.6 is 0 Å². The van der Waals surface area contributed by atoms with Crippen molar-refractivity contribution < 1.29 is 14.0 Å². The molecule has 0 spiro atoms. The van der Waals surface area contributed by atoms with Crippen molar-refractivity contribution in [3.63, 3.8) is 0 Å². The predicted octanol–water partition coefficient (Wildman–Crippen LogP) is 3.97. The fourth-order valence-electron chi connectivity index (χ4n) is 3.83. The number of rotatable bonds is 5. The lowest BCUT2D eigenvalue weighted by Gasteiger charge is -2.39. The van der Waals surface area contributed by atoms with Crippen LogP contribution in [0.25, 0.3) is 0 Å². The van der Waals surface area contributed by atoms with Gasteiger partial charge in [0.1, 0.15) is 5.82 Å². The Bertz CT molecular complexity index is 841. The highest BCUT2D eigenvalue weighted by Crippen LogP contribution is 2.26. The molecule has 0 N–H and O–H groups in total. The maximum absolute atomic E-state index is 13.1. The fourth-order valence-corrected chi connectivity index (χ4v) is 3.83. The normalized spacial score (nSPS) is 15.9. The molecule has 0 radical (unpaired) electrons. The fraction of sp³-hybridized carbons (Fsp3) is 0.417. The minimum atomic E-state index is -0.593. The number of carbonyl (C=O) groups excluding carboxylic acids is 2. The lowest BCUT2D eigenvalue weighted by atomic mass is 9.83. The third-order valence-electron chi connectivity index (χ3n) is 5.87. The van der Waals surface area contributed by atoms with Gasteiger partial charge in [-0.25, -0.2) is 4.39 Å². The minimum Gasteiger partial charge on any atom is -0.339 e. The first-order valence-corrected chi connectivity index (χ1v) is 10.2. The largest absolute Gasteiger partial charge is 0.339 e. The maximum atomic E-state index is 13.1. The Kier molecular flexibility index (Phi) is 6.36. The van der Waals surface area contributed by atoms with Gasteiger partial charge < -0.3 is 9.80 Å². The van der Waals surface area contributed by atoms with Gasteiger partial charge in [0.2, 0.25) is 11.8 Å². The van der Waals surface area contributed by atoms with Gasteiger partial charge in [-0.1, -0.05) is 49.4 Å². The molecule has 1 aliphatic rings. The van der Waals surface area contributed by atoms with Crippen molar-refractivity contribution in [3.8, 4) is 0 Å². The molecule has 154 valence electrons. The molecule has 0 bridgehead atoms. The van der Waals surface area contributed by atoms with Crippen molar-refractivity contribution in [2.75, 3.05) is 26.2 Å². The lowest BCUT2D eigenvalue weighted by Crippen LogP contribution is -2.54. The summed E-state index contributed by atoms with van der Waals surface area (Å²) in [5.41, 5.74) is 1.36. The van der Waals surface area contributed by atoms with Gasteiger partial charge in [0, 0.05) is 32.6 Å². The van der Waals surface area contributed by atoms with E-state index in [0.717, 1.165) is 11.1 Å². The molecular formula is C24H29FN2O2. The Morgan fingerprint density at radius 2 is 1.48 bits per heavy atom. The van der Waals surface area contributed by atoms with Gasteiger partial charge in [-0.2, -0.15) is 0 Å². The van der Waals surface area contributed by atoms with Crippen LogP contribution in [-0.2, 0) is 15.0 Å². The minimum absolute atomic E-state index is 0.0276. The summed E-state index contributed by atoms with van der Waals surface area (Å²) in [4.78, 5) is 29.5. The predicted molar refractivity (Wildman–Crippen MR) is 112 cm³/mol. The van der Waals surface area contributed by atoms with Gasteiger partial charge in [-0.15, -0.1) is 0 Å². The SMILES string of the molecule is CC(CC(=O)N1CCN(C(=O)C(C)(C)c2ccccc2)CC1)c1ccc(F)cc1. The molecule has 0 aromatic heterocycles. The molecule has 1 atom stereocenters. The molecule has 2 aromatic carbocycles. The first-order chi connectivity index (χ1) is 13.8. The number of halogens is 1. The summed E-state index contributed by atoms with van der Waals surface area (Å²) in [7, 11) is 0. The number of hydrogen-bond donors (Lipinski definition) is 0. The number of benzene rings is 2. The molecule has 2 aromatic rings. The van der Waals surface area contributed by atoms with Crippen LogP contribution in [0.3, 0.4) is 0 Å². The van der Waals surface area contributed by atoms with Crippen LogP contribution in [0, 0.1) is 5.82 Å². The van der Waals surface area contributed by atoms with Gasteiger partial charge >= 0.3 is 0 Å². The van der Waals surface area contributed by atoms with Crippen LogP contribution in [0.4, 0.5) is 4.39 Å². The van der Waals surface area contributed by atoms with Gasteiger partial charge in [-0.05, 0) is 43.0 Å². The van der Waals surface area contributed by atoms with Crippen LogP contribution in [-0.4, -0.2) is 47.8 Å². The van der Waals surface area contributed by atoms with E-state index in [4.69, 9.17) is 0 Å². The van der Waals surface area contributed by atoms with E-state index in [2.05, 4.69) is 0 Å². The quantitative estimate of drug-likeness (QED) is 0.767. The average molecular weight is 397 g/mol. The van der Waals surface area contributed by atoms with Crippen molar-refractivity contribution in [2.24, 2.45) is 0 Å². The van der Waals surface area contributed by atoms with Gasteiger partial charge in [0.05, 0.1) is 5.41 Å². The smallest absolute Gasteiger partial charge is 0.232 e. The lowest BCUT2D eigenvalue weighted by molar-refractivity contribution is -0.142. The van der Waals surface area contributed by atoms with Crippen molar-refractivity contribution in [2.45, 2.75) is 38.5 Å². The summed E-state index contributed by atoms with van der Waals surface area (Å²) in [6.07, 6.45) is 0.384. The Morgan fingerprint density at radius 3 is 2.07 bits per heavy atom. The molecule has 4 nitrogen and oxygen atoms in total. The molecule has 1 unspecified atom stereocenters. The summed E-state index contributed by atoms with van der Waals surface area (Å²) in [5.74, 6) is -0.0713. The highest BCUT2D eigenvalue weighted by molar-refractivity contribution is 5.87. The summed E-state index contributed by atoms with van der Waals surface area (Å²) >= 11 is 0. The molecular weight excluding hydrogens is 367 g/mol. The second-order valence-electron chi connectivity index (χ2n) is 8.32. The molecule has 0 saturated carbocycles. The monoisotopic (exact) mass is 396 g/mol. The van der Waals surface area contributed by atoms with E-state index in [-0.39, 0.29) is 23.5 Å². The van der Waals surface area contributed by atoms with E-state index in [0.29, 0.717) is 32.6 Å². The standard InChI is InChI=1S/C24H29FN2O2/c1-18(19-9-11-21(25)12-10-19)17-22(28)26-13-15-27(16-14-26)23(29)24(2,3)20-7-5-4-6-8-20/h4-12,18H,13-17H2,1-3H3. The van der Waals surface area contributed by atoms with Crippen LogP contribution in [0.2, 0.25) is 0 Å². The maximum Gasteiger partial charge on any atom is 0.232 e. The molecule has 0 aliphatic carbocycles. The van der Waals surface area contributed by atoms with Crippen molar-refractivity contribution >= 4 is 11.8 Å². The van der Waals surface area contributed by atoms with Gasteiger partial charge in [0.25, 0.3) is 0 Å². The number of hydrogen-bond acceptors (Lipinski definition) is 2. The molecule has 1 fully saturated rings. The summed E-state index contributed by atoms with van der Waals surface area (Å²) < 4.78 is 13.1. The zero-order chi connectivity index (χ0) is 21.0. The number of carbonyl (C=O) groups is 2. The molecule has 29 heavy (non-hydrogen) atoms. The van der Waals surface area contributed by atoms with Crippen molar-refractivity contribution in [1.82, 2.24) is 9.80 Å². The summed E-state index contributed by atoms with van der Waals surface area (Å²) in [6.45, 7) is 8.07. The second kappa shape index (κ2) is 8.76. The van der Waals surface area contributed by atoms with Crippen molar-refractivity contribution in [1.29, 1.82) is 0 Å². The zero-order valence-corrected chi connectivity index (χ0v) is 17.4. The van der Waals surface area contributed by atoms with E-state index < -0.39 is 5.41 Å². The van der Waals surface area contributed by atoms with Gasteiger partial charge in [-0.3, -0.25) is 9.59 Å². The third-order valence-corrected chi connectivity index (χ3v) is 5.87. The van der Waals surface area contributed by atoms with Crippen LogP contribution in [0.1, 0.15) is 44.2 Å². The summed E-state index contributed by atoms with van der Waals surface area (Å²) in [5, 5.41) is 0. The number of nitrogens with zero attached hydrogens (tertiary/aromatic N) is 2. The Morgan fingerprint density at radius 1 is 0.931 bits per heavy atom. The van der Waals surface area contributed by atoms with E-state index in [1.807, 2.05) is 60.9 Å². The Balaban J connectivity index is 1.55. The van der Waals surface area contributed by atoms with Crippen LogP contribution < -0.4 is 0 Å². The zero-order valence-electron chi connectivity index (χ0n) is 17.4. The van der Waals surface area contributed by atoms with Crippen LogP contribution in [0.15, 0.2) is 54.6 Å². The van der Waals surface area contributed by atoms with Gasteiger partial charge in [0.15, 0.2) is 0 Å². The first-order valence-electron chi connectivity index (χ1n) is 10.2. The van der Waals surface area contributed by atoms with Crippen LogP contribution in [0.5, 0.6) is 0 Å². The highest BCUT2D eigenvalue weighted by Gasteiger charge is 2.35. The molecule has 1 aliphatic heterocycles. The average Bonchev–Trinajstić information content (AvgIpc) is 2.74. The molecule has 2 amide bonds. The molecule has 1 saturated heterocycles. The van der Waals surface area contributed by atoms with E-state index in [9.17, 15) is 14.0 Å². The summed E-state index contributed by atoms with van der Waals surface area (Å²) in [6, 6.07) is 16.1. The first kappa shape index (κ1) is 21.0. The number of piperazine rings is 1. The Labute approximate surface area is 172 Å². The highest BCUT2D eigenvalue weighted by atomic mass is 19.1. The molecule has 5 heteroatoms. The number of amides is 2.